The lowest BCUT2D eigenvalue weighted by Crippen LogP contribution is -2.56. The van der Waals surface area contributed by atoms with Crippen molar-refractivity contribution < 1.29 is 9.59 Å². The SMILES string of the molecule is CCCCCC/C=C/CCCCCCCC1=NCC[N+]1(CC)C(C)O. The second-order valence-electron chi connectivity index (χ2n) is 7.63. The fourth-order valence-corrected chi connectivity index (χ4v) is 3.94. The molecule has 0 saturated heterocycles. The van der Waals surface area contributed by atoms with Gasteiger partial charge in [-0.3, -0.25) is 4.48 Å². The van der Waals surface area contributed by atoms with Gasteiger partial charge in [0, 0.05) is 13.3 Å². The maximum atomic E-state index is 10.2. The van der Waals surface area contributed by atoms with Crippen LogP contribution in [0.4, 0.5) is 0 Å². The molecule has 0 fully saturated rings. The molecule has 0 aromatic carbocycles. The van der Waals surface area contributed by atoms with E-state index in [2.05, 4.69) is 26.0 Å². The summed E-state index contributed by atoms with van der Waals surface area (Å²) in [6, 6.07) is 0. The number of aliphatic imine (C=N–C) groups is 1. The van der Waals surface area contributed by atoms with Gasteiger partial charge in [-0.1, -0.05) is 57.6 Å². The molecule has 1 rings (SSSR count). The third-order valence-electron chi connectivity index (χ3n) is 5.75. The first kappa shape index (κ1) is 22.4. The summed E-state index contributed by atoms with van der Waals surface area (Å²) < 4.78 is 0.711. The van der Waals surface area contributed by atoms with Gasteiger partial charge in [0.2, 0.25) is 5.84 Å². The van der Waals surface area contributed by atoms with E-state index >= 15 is 0 Å². The maximum absolute atomic E-state index is 10.2. The standard InChI is InChI=1S/C22H43N2O/c1-4-6-7-8-9-10-11-12-13-14-15-16-17-18-22-23-19-20-24(22,5-2)21(3)25/h10-11,21,25H,4-9,12-20H2,1-3H3/q+1/b11-10+. The Morgan fingerprint density at radius 1 is 0.960 bits per heavy atom. The molecule has 0 amide bonds. The molecule has 1 heterocycles. The van der Waals surface area contributed by atoms with Crippen molar-refractivity contribution in [3.8, 4) is 0 Å². The Kier molecular flexibility index (Phi) is 12.1. The topological polar surface area (TPSA) is 32.6 Å². The van der Waals surface area contributed by atoms with Gasteiger partial charge in [0.25, 0.3) is 0 Å². The lowest BCUT2D eigenvalue weighted by molar-refractivity contribution is -0.882. The highest BCUT2D eigenvalue weighted by atomic mass is 16.3. The Morgan fingerprint density at radius 3 is 2.16 bits per heavy atom. The van der Waals surface area contributed by atoms with Crippen molar-refractivity contribution >= 4 is 5.84 Å². The minimum absolute atomic E-state index is 0.319. The Balaban J connectivity index is 2.01. The number of hydrogen-bond acceptors (Lipinski definition) is 2. The van der Waals surface area contributed by atoms with Crippen LogP contribution in [-0.4, -0.2) is 41.3 Å². The molecule has 0 saturated carbocycles. The summed E-state index contributed by atoms with van der Waals surface area (Å²) in [7, 11) is 0. The van der Waals surface area contributed by atoms with E-state index in [0.717, 1.165) is 26.1 Å². The highest BCUT2D eigenvalue weighted by Crippen LogP contribution is 2.22. The number of amidine groups is 1. The van der Waals surface area contributed by atoms with E-state index in [-0.39, 0.29) is 6.23 Å². The average molecular weight is 352 g/mol. The lowest BCUT2D eigenvalue weighted by atomic mass is 10.1. The van der Waals surface area contributed by atoms with Gasteiger partial charge in [0.15, 0.2) is 6.23 Å². The van der Waals surface area contributed by atoms with E-state index in [1.807, 2.05) is 6.92 Å². The predicted octanol–water partition coefficient (Wildman–Crippen LogP) is 5.83. The largest absolute Gasteiger partial charge is 0.345 e. The maximum Gasteiger partial charge on any atom is 0.200 e. The van der Waals surface area contributed by atoms with Crippen LogP contribution in [0.3, 0.4) is 0 Å². The molecule has 2 atom stereocenters. The van der Waals surface area contributed by atoms with Crippen molar-refractivity contribution in [3.63, 3.8) is 0 Å². The first-order chi connectivity index (χ1) is 12.2. The van der Waals surface area contributed by atoms with Crippen LogP contribution in [0.25, 0.3) is 0 Å². The molecule has 0 spiro atoms. The summed E-state index contributed by atoms with van der Waals surface area (Å²) >= 11 is 0. The molecular formula is C22H43N2O+. The van der Waals surface area contributed by atoms with Crippen molar-refractivity contribution in [2.24, 2.45) is 4.99 Å². The Morgan fingerprint density at radius 2 is 1.56 bits per heavy atom. The van der Waals surface area contributed by atoms with Crippen molar-refractivity contribution in [2.45, 2.75) is 104 Å². The van der Waals surface area contributed by atoms with Gasteiger partial charge in [-0.25, -0.2) is 4.99 Å². The van der Waals surface area contributed by atoms with Crippen LogP contribution in [0, 0.1) is 0 Å². The number of nitrogens with zero attached hydrogens (tertiary/aromatic N) is 2. The molecule has 2 unspecified atom stereocenters. The molecule has 0 aliphatic carbocycles. The summed E-state index contributed by atoms with van der Waals surface area (Å²) in [6.07, 6.45) is 20.0. The number of aliphatic hydroxyl groups is 1. The molecule has 1 aliphatic heterocycles. The minimum Gasteiger partial charge on any atom is -0.345 e. The van der Waals surface area contributed by atoms with Crippen LogP contribution in [-0.2, 0) is 0 Å². The van der Waals surface area contributed by atoms with Crippen LogP contribution in [0.2, 0.25) is 0 Å². The number of aliphatic hydroxyl groups excluding tert-OH is 1. The second kappa shape index (κ2) is 13.5. The Hall–Kier alpha value is -0.670. The van der Waals surface area contributed by atoms with Gasteiger partial charge in [-0.05, 0) is 39.0 Å². The van der Waals surface area contributed by atoms with Crippen LogP contribution in [0.1, 0.15) is 97.8 Å². The molecule has 0 radical (unpaired) electrons. The molecule has 1 N–H and O–H groups in total. The van der Waals surface area contributed by atoms with E-state index in [9.17, 15) is 5.11 Å². The van der Waals surface area contributed by atoms with E-state index in [1.165, 1.54) is 76.5 Å². The molecule has 3 nitrogen and oxygen atoms in total. The Bertz CT molecular complexity index is 389. The van der Waals surface area contributed by atoms with Gasteiger partial charge in [0.1, 0.15) is 6.54 Å². The summed E-state index contributed by atoms with van der Waals surface area (Å²) in [4.78, 5) is 4.70. The van der Waals surface area contributed by atoms with Crippen molar-refractivity contribution in [1.82, 2.24) is 0 Å². The molecule has 0 aromatic rings. The second-order valence-corrected chi connectivity index (χ2v) is 7.63. The number of hydrogen-bond donors (Lipinski definition) is 1. The fraction of sp³-hybridized carbons (Fsp3) is 0.864. The highest BCUT2D eigenvalue weighted by Gasteiger charge is 2.40. The van der Waals surface area contributed by atoms with E-state index in [1.54, 1.807) is 0 Å². The third kappa shape index (κ3) is 8.04. The number of quaternary nitrogens is 1. The van der Waals surface area contributed by atoms with Crippen LogP contribution in [0.5, 0.6) is 0 Å². The van der Waals surface area contributed by atoms with Gasteiger partial charge in [-0.2, -0.15) is 0 Å². The van der Waals surface area contributed by atoms with E-state index < -0.39 is 0 Å². The molecular weight excluding hydrogens is 308 g/mol. The summed E-state index contributed by atoms with van der Waals surface area (Å²) in [5.74, 6) is 1.24. The first-order valence-corrected chi connectivity index (χ1v) is 10.9. The zero-order chi connectivity index (χ0) is 18.4. The number of unbranched alkanes of at least 4 members (excludes halogenated alkanes) is 9. The van der Waals surface area contributed by atoms with Crippen LogP contribution < -0.4 is 0 Å². The first-order valence-electron chi connectivity index (χ1n) is 10.9. The monoisotopic (exact) mass is 351 g/mol. The van der Waals surface area contributed by atoms with Gasteiger partial charge < -0.3 is 5.11 Å². The molecule has 25 heavy (non-hydrogen) atoms. The van der Waals surface area contributed by atoms with E-state index in [0.29, 0.717) is 4.48 Å². The predicted molar refractivity (Wildman–Crippen MR) is 110 cm³/mol. The highest BCUT2D eigenvalue weighted by molar-refractivity contribution is 5.76. The fourth-order valence-electron chi connectivity index (χ4n) is 3.94. The molecule has 0 bridgehead atoms. The quantitative estimate of drug-likeness (QED) is 0.225. The summed E-state index contributed by atoms with van der Waals surface area (Å²) in [5, 5.41) is 10.2. The number of allylic oxidation sites excluding steroid dienone is 2. The molecule has 146 valence electrons. The van der Waals surface area contributed by atoms with Crippen LogP contribution >= 0.6 is 0 Å². The van der Waals surface area contributed by atoms with Crippen molar-refractivity contribution in [2.75, 3.05) is 19.6 Å². The molecule has 3 heteroatoms. The third-order valence-corrected chi connectivity index (χ3v) is 5.75. The normalized spacial score (nSPS) is 21.8. The zero-order valence-corrected chi connectivity index (χ0v) is 17.2. The molecule has 0 aromatic heterocycles. The van der Waals surface area contributed by atoms with Crippen LogP contribution in [0.15, 0.2) is 17.1 Å². The Labute approximate surface area is 156 Å². The van der Waals surface area contributed by atoms with Gasteiger partial charge in [-0.15, -0.1) is 0 Å². The van der Waals surface area contributed by atoms with Gasteiger partial charge in [0.05, 0.1) is 13.1 Å². The number of rotatable bonds is 15. The van der Waals surface area contributed by atoms with E-state index in [4.69, 9.17) is 4.99 Å². The van der Waals surface area contributed by atoms with Crippen molar-refractivity contribution in [1.29, 1.82) is 0 Å². The average Bonchev–Trinajstić information content (AvgIpc) is 3.03. The van der Waals surface area contributed by atoms with Gasteiger partial charge >= 0.3 is 0 Å². The van der Waals surface area contributed by atoms with Crippen molar-refractivity contribution in [3.05, 3.63) is 12.2 Å². The lowest BCUT2D eigenvalue weighted by Gasteiger charge is -2.36. The number of likely N-dealkylation sites (N-methyl/N-ethyl adjacent to an activating group) is 1. The summed E-state index contributed by atoms with van der Waals surface area (Å²) in [6.45, 7) is 9.19. The zero-order valence-electron chi connectivity index (χ0n) is 17.2. The molecule has 1 aliphatic rings. The smallest absolute Gasteiger partial charge is 0.200 e. The summed E-state index contributed by atoms with van der Waals surface area (Å²) in [5.41, 5.74) is 0. The minimum atomic E-state index is -0.319.